The van der Waals surface area contributed by atoms with Gasteiger partial charge in [-0.2, -0.15) is 0 Å². The Morgan fingerprint density at radius 3 is 2.33 bits per heavy atom. The van der Waals surface area contributed by atoms with Gasteiger partial charge in [-0.15, -0.1) is 0 Å². The first-order valence-electron chi connectivity index (χ1n) is 7.10. The molecule has 2 heteroatoms. The highest BCUT2D eigenvalue weighted by atomic mass is 16.3. The van der Waals surface area contributed by atoms with Crippen LogP contribution in [0.15, 0.2) is 55.1 Å². The molecule has 0 saturated heterocycles. The van der Waals surface area contributed by atoms with E-state index in [-0.39, 0.29) is 11.7 Å². The molecule has 110 valence electrons. The monoisotopic (exact) mass is 282 g/mol. The Labute approximate surface area is 126 Å². The molecule has 0 aromatic heterocycles. The lowest BCUT2D eigenvalue weighted by molar-refractivity contribution is 0.0242. The van der Waals surface area contributed by atoms with Crippen LogP contribution < -0.4 is 0 Å². The van der Waals surface area contributed by atoms with Gasteiger partial charge >= 0.3 is 0 Å². The highest BCUT2D eigenvalue weighted by molar-refractivity contribution is 5.66. The van der Waals surface area contributed by atoms with Crippen molar-refractivity contribution < 1.29 is 10.2 Å². The van der Waals surface area contributed by atoms with Gasteiger partial charge in [0.1, 0.15) is 5.75 Å². The van der Waals surface area contributed by atoms with Crippen molar-refractivity contribution in [3.63, 3.8) is 0 Å². The number of benzene rings is 2. The molecule has 0 bridgehead atoms. The van der Waals surface area contributed by atoms with Crippen molar-refractivity contribution >= 4 is 5.57 Å². The third kappa shape index (κ3) is 3.01. The van der Waals surface area contributed by atoms with Crippen molar-refractivity contribution in [1.82, 2.24) is 0 Å². The minimum Gasteiger partial charge on any atom is -0.508 e. The number of hydrogen-bond donors (Lipinski definition) is 2. The van der Waals surface area contributed by atoms with E-state index in [1.165, 1.54) is 0 Å². The summed E-state index contributed by atoms with van der Waals surface area (Å²) in [6.45, 7) is 9.73. The summed E-state index contributed by atoms with van der Waals surface area (Å²) in [7, 11) is 0. The molecule has 0 saturated carbocycles. The zero-order valence-corrected chi connectivity index (χ0v) is 12.8. The Kier molecular flexibility index (Phi) is 4.19. The fourth-order valence-corrected chi connectivity index (χ4v) is 2.46. The first-order valence-corrected chi connectivity index (χ1v) is 7.10. The second-order valence-electron chi connectivity index (χ2n) is 5.76. The zero-order chi connectivity index (χ0) is 15.6. The molecule has 2 aromatic carbocycles. The predicted octanol–water partition coefficient (Wildman–Crippen LogP) is 4.26. The summed E-state index contributed by atoms with van der Waals surface area (Å²) in [4.78, 5) is 0. The lowest BCUT2D eigenvalue weighted by atomic mass is 9.77. The van der Waals surface area contributed by atoms with Crippen LogP contribution in [0.5, 0.6) is 5.75 Å². The molecule has 2 N–H and O–H groups in total. The van der Waals surface area contributed by atoms with E-state index in [1.807, 2.05) is 50.2 Å². The van der Waals surface area contributed by atoms with Crippen LogP contribution in [-0.4, -0.2) is 10.2 Å². The molecule has 0 aliphatic carbocycles. The molecule has 2 rings (SSSR count). The van der Waals surface area contributed by atoms with E-state index in [1.54, 1.807) is 19.1 Å². The lowest BCUT2D eigenvalue weighted by Gasteiger charge is -2.33. The van der Waals surface area contributed by atoms with Crippen LogP contribution in [0.3, 0.4) is 0 Å². The summed E-state index contributed by atoms with van der Waals surface area (Å²) in [5.41, 5.74) is 2.41. The summed E-state index contributed by atoms with van der Waals surface area (Å²) in [5, 5.41) is 20.6. The molecule has 2 nitrogen and oxygen atoms in total. The number of phenolic OH excluding ortho intramolecular Hbond substituents is 1. The maximum absolute atomic E-state index is 11.0. The largest absolute Gasteiger partial charge is 0.508 e. The molecule has 0 aliphatic rings. The van der Waals surface area contributed by atoms with Crippen LogP contribution in [0.1, 0.15) is 30.5 Å². The molecule has 2 aromatic rings. The van der Waals surface area contributed by atoms with E-state index in [0.29, 0.717) is 0 Å². The zero-order valence-electron chi connectivity index (χ0n) is 12.8. The number of phenols is 1. The quantitative estimate of drug-likeness (QED) is 0.879. The molecule has 0 fully saturated rings. The van der Waals surface area contributed by atoms with Gasteiger partial charge in [0.05, 0.1) is 5.60 Å². The highest BCUT2D eigenvalue weighted by Gasteiger charge is 2.32. The Morgan fingerprint density at radius 2 is 1.76 bits per heavy atom. The van der Waals surface area contributed by atoms with Crippen LogP contribution >= 0.6 is 0 Å². The fourth-order valence-electron chi connectivity index (χ4n) is 2.46. The minimum atomic E-state index is -1.05. The van der Waals surface area contributed by atoms with Crippen molar-refractivity contribution in [3.05, 3.63) is 71.8 Å². The molecule has 0 unspecified atom stereocenters. The SMILES string of the molecule is C=C(c1ccccc1)[C@@H](C)[C@](C)(O)c1ccc(O)c(C)c1. The predicted molar refractivity (Wildman–Crippen MR) is 87.1 cm³/mol. The van der Waals surface area contributed by atoms with Crippen LogP contribution in [0.4, 0.5) is 0 Å². The average molecular weight is 282 g/mol. The maximum Gasteiger partial charge on any atom is 0.118 e. The topological polar surface area (TPSA) is 40.5 Å². The van der Waals surface area contributed by atoms with E-state index >= 15 is 0 Å². The van der Waals surface area contributed by atoms with E-state index < -0.39 is 5.60 Å². The van der Waals surface area contributed by atoms with E-state index in [9.17, 15) is 10.2 Å². The number of aromatic hydroxyl groups is 1. The number of rotatable bonds is 4. The summed E-state index contributed by atoms with van der Waals surface area (Å²) < 4.78 is 0. The van der Waals surface area contributed by atoms with Gasteiger partial charge < -0.3 is 10.2 Å². The molecule has 0 spiro atoms. The van der Waals surface area contributed by atoms with Crippen molar-refractivity contribution in [3.8, 4) is 5.75 Å². The first kappa shape index (κ1) is 15.3. The fraction of sp³-hybridized carbons (Fsp3) is 0.263. The Bertz CT molecular complexity index is 642. The standard InChI is InChI=1S/C19H22O2/c1-13-12-17(10-11-18(13)20)19(4,21)15(3)14(2)16-8-6-5-7-9-16/h5-12,15,20-21H,2H2,1,3-4H3/t15-,19+/m1/s1. The lowest BCUT2D eigenvalue weighted by Crippen LogP contribution is -2.30. The number of aryl methyl sites for hydroxylation is 1. The number of aliphatic hydroxyl groups is 1. The van der Waals surface area contributed by atoms with Gasteiger partial charge in [-0.05, 0) is 48.2 Å². The summed E-state index contributed by atoms with van der Waals surface area (Å²) in [5.74, 6) is 0.0907. The van der Waals surface area contributed by atoms with Gasteiger partial charge in [-0.3, -0.25) is 0 Å². The second-order valence-corrected chi connectivity index (χ2v) is 5.76. The Balaban J connectivity index is 2.34. The minimum absolute atomic E-state index is 0.149. The summed E-state index contributed by atoms with van der Waals surface area (Å²) in [6.07, 6.45) is 0. The van der Waals surface area contributed by atoms with Gasteiger partial charge in [-0.25, -0.2) is 0 Å². The van der Waals surface area contributed by atoms with Gasteiger partial charge in [-0.1, -0.05) is 49.9 Å². The molecular weight excluding hydrogens is 260 g/mol. The van der Waals surface area contributed by atoms with Crippen LogP contribution in [0.2, 0.25) is 0 Å². The van der Waals surface area contributed by atoms with E-state index in [4.69, 9.17) is 0 Å². The van der Waals surface area contributed by atoms with Gasteiger partial charge in [0, 0.05) is 5.92 Å². The van der Waals surface area contributed by atoms with Crippen molar-refractivity contribution in [1.29, 1.82) is 0 Å². The summed E-state index contributed by atoms with van der Waals surface area (Å²) >= 11 is 0. The molecule has 21 heavy (non-hydrogen) atoms. The Morgan fingerprint density at radius 1 is 1.14 bits per heavy atom. The third-order valence-corrected chi connectivity index (χ3v) is 4.29. The maximum atomic E-state index is 11.0. The van der Waals surface area contributed by atoms with Crippen LogP contribution in [0, 0.1) is 12.8 Å². The number of hydrogen-bond acceptors (Lipinski definition) is 2. The highest BCUT2D eigenvalue weighted by Crippen LogP contribution is 2.38. The first-order chi connectivity index (χ1) is 9.84. The van der Waals surface area contributed by atoms with Crippen molar-refractivity contribution in [2.75, 3.05) is 0 Å². The molecule has 2 atom stereocenters. The van der Waals surface area contributed by atoms with E-state index in [0.717, 1.165) is 22.3 Å². The van der Waals surface area contributed by atoms with Gasteiger partial charge in [0.15, 0.2) is 0 Å². The third-order valence-electron chi connectivity index (χ3n) is 4.29. The van der Waals surface area contributed by atoms with Crippen LogP contribution in [0.25, 0.3) is 5.57 Å². The molecule has 0 aliphatic heterocycles. The second kappa shape index (κ2) is 5.74. The van der Waals surface area contributed by atoms with Crippen LogP contribution in [-0.2, 0) is 5.60 Å². The molecule has 0 radical (unpaired) electrons. The van der Waals surface area contributed by atoms with Gasteiger partial charge in [0.2, 0.25) is 0 Å². The molecule has 0 heterocycles. The average Bonchev–Trinajstić information content (AvgIpc) is 2.49. The van der Waals surface area contributed by atoms with E-state index in [2.05, 4.69) is 6.58 Å². The summed E-state index contributed by atoms with van der Waals surface area (Å²) in [6, 6.07) is 15.1. The molecule has 0 amide bonds. The molecular formula is C19H22O2. The van der Waals surface area contributed by atoms with Crippen molar-refractivity contribution in [2.24, 2.45) is 5.92 Å². The van der Waals surface area contributed by atoms with Gasteiger partial charge in [0.25, 0.3) is 0 Å². The normalized spacial score (nSPS) is 15.2. The smallest absolute Gasteiger partial charge is 0.118 e. The van der Waals surface area contributed by atoms with Crippen molar-refractivity contribution in [2.45, 2.75) is 26.4 Å². The Hall–Kier alpha value is -2.06.